The quantitative estimate of drug-likeness (QED) is 0.438. The Morgan fingerprint density at radius 2 is 1.75 bits per heavy atom. The van der Waals surface area contributed by atoms with Gasteiger partial charge in [0.2, 0.25) is 17.8 Å². The summed E-state index contributed by atoms with van der Waals surface area (Å²) in [5.41, 5.74) is 3.01. The largest absolute Gasteiger partial charge is 0.379 e. The molecule has 1 aromatic carbocycles. The number of fused-ring (bicyclic) bond motifs is 1. The minimum Gasteiger partial charge on any atom is -0.379 e. The second kappa shape index (κ2) is 11.8. The minimum atomic E-state index is -0.110. The Hall–Kier alpha value is -3.77. The molecule has 0 saturated carbocycles. The van der Waals surface area contributed by atoms with E-state index in [-0.39, 0.29) is 11.8 Å². The van der Waals surface area contributed by atoms with Crippen molar-refractivity contribution in [1.82, 2.24) is 29.3 Å². The Labute approximate surface area is 233 Å². The molecule has 40 heavy (non-hydrogen) atoms. The minimum absolute atomic E-state index is 0.110. The molecule has 3 fully saturated rings. The van der Waals surface area contributed by atoms with Gasteiger partial charge in [0.25, 0.3) is 0 Å². The summed E-state index contributed by atoms with van der Waals surface area (Å²) >= 11 is 0. The monoisotopic (exact) mass is 547 g/mol. The van der Waals surface area contributed by atoms with Crippen LogP contribution in [0.4, 0.5) is 23.1 Å². The van der Waals surface area contributed by atoms with Gasteiger partial charge < -0.3 is 29.7 Å². The Kier molecular flexibility index (Phi) is 7.78. The summed E-state index contributed by atoms with van der Waals surface area (Å²) < 4.78 is 7.57. The van der Waals surface area contributed by atoms with Gasteiger partial charge in [-0.05, 0) is 43.5 Å². The van der Waals surface area contributed by atoms with Gasteiger partial charge in [0, 0.05) is 76.6 Å². The lowest BCUT2D eigenvalue weighted by atomic mass is 10.0. The van der Waals surface area contributed by atoms with Crippen molar-refractivity contribution in [2.45, 2.75) is 45.2 Å². The number of imidazole rings is 1. The molecule has 0 aliphatic carbocycles. The van der Waals surface area contributed by atoms with E-state index in [1.54, 1.807) is 6.33 Å². The summed E-state index contributed by atoms with van der Waals surface area (Å²) in [6, 6.07) is 8.08. The van der Waals surface area contributed by atoms with Crippen molar-refractivity contribution >= 4 is 46.1 Å². The van der Waals surface area contributed by atoms with Crippen molar-refractivity contribution in [3.63, 3.8) is 0 Å². The summed E-state index contributed by atoms with van der Waals surface area (Å²) in [5, 5.41) is 6.23. The average Bonchev–Trinajstić information content (AvgIpc) is 3.58. The highest BCUT2D eigenvalue weighted by Gasteiger charge is 2.28. The third-order valence-corrected chi connectivity index (χ3v) is 8.01. The zero-order valence-electron chi connectivity index (χ0n) is 23.0. The molecule has 3 aromatic rings. The standard InChI is InChI=1S/C28H37N9O3/c1-20(38)30-21-4-6-22(7-5-21)31-26-25-27(37(19-29-25)14-13-35-10-2-3-24(35)39)33-28(32-26)36-11-8-23(9-12-36)34-15-17-40-18-16-34/h4-7,19,23H,2-3,8-18H2,1H3,(H,30,38)(H,31,32,33). The van der Waals surface area contributed by atoms with Crippen LogP contribution in [0.1, 0.15) is 32.6 Å². The highest BCUT2D eigenvalue weighted by Crippen LogP contribution is 2.28. The van der Waals surface area contributed by atoms with Crippen LogP contribution in [0.3, 0.4) is 0 Å². The summed E-state index contributed by atoms with van der Waals surface area (Å²) in [7, 11) is 0. The Morgan fingerprint density at radius 3 is 2.45 bits per heavy atom. The normalized spacial score (nSPS) is 19.0. The Bertz CT molecular complexity index is 1350. The maximum Gasteiger partial charge on any atom is 0.229 e. The number of amides is 2. The molecule has 3 aliphatic rings. The zero-order valence-corrected chi connectivity index (χ0v) is 23.0. The van der Waals surface area contributed by atoms with Crippen LogP contribution in [0, 0.1) is 0 Å². The number of morpholine rings is 1. The Balaban J connectivity index is 1.25. The van der Waals surface area contributed by atoms with Crippen molar-refractivity contribution in [3.05, 3.63) is 30.6 Å². The molecule has 0 radical (unpaired) electrons. The van der Waals surface area contributed by atoms with E-state index < -0.39 is 0 Å². The van der Waals surface area contributed by atoms with Gasteiger partial charge in [0.05, 0.1) is 19.5 Å². The van der Waals surface area contributed by atoms with Gasteiger partial charge >= 0.3 is 0 Å². The van der Waals surface area contributed by atoms with Gasteiger partial charge in [-0.2, -0.15) is 9.97 Å². The summed E-state index contributed by atoms with van der Waals surface area (Å²) in [5.74, 6) is 1.43. The van der Waals surface area contributed by atoms with E-state index in [0.717, 1.165) is 82.2 Å². The Morgan fingerprint density at radius 1 is 1.00 bits per heavy atom. The fourth-order valence-corrected chi connectivity index (χ4v) is 5.84. The number of benzene rings is 1. The van der Waals surface area contributed by atoms with Crippen LogP contribution in [0.25, 0.3) is 11.2 Å². The van der Waals surface area contributed by atoms with Crippen molar-refractivity contribution in [2.24, 2.45) is 0 Å². The SMILES string of the molecule is CC(=O)Nc1ccc(Nc2nc(N3CCC(N4CCOCC4)CC3)nc3c2ncn3CCN2CCCC2=O)cc1. The topological polar surface area (TPSA) is 121 Å². The number of nitrogens with one attached hydrogen (secondary N) is 2. The summed E-state index contributed by atoms with van der Waals surface area (Å²) in [6.45, 7) is 8.97. The first-order chi connectivity index (χ1) is 19.5. The number of hydrogen-bond acceptors (Lipinski definition) is 9. The van der Waals surface area contributed by atoms with E-state index in [2.05, 4.69) is 25.4 Å². The molecule has 0 unspecified atom stereocenters. The van der Waals surface area contributed by atoms with E-state index in [0.29, 0.717) is 42.8 Å². The number of anilines is 4. The van der Waals surface area contributed by atoms with Crippen LogP contribution >= 0.6 is 0 Å². The van der Waals surface area contributed by atoms with E-state index in [9.17, 15) is 9.59 Å². The fourth-order valence-electron chi connectivity index (χ4n) is 5.84. The molecule has 0 spiro atoms. The van der Waals surface area contributed by atoms with E-state index in [1.165, 1.54) is 6.92 Å². The molecule has 12 heteroatoms. The molecule has 12 nitrogen and oxygen atoms in total. The molecular weight excluding hydrogens is 510 g/mol. The van der Waals surface area contributed by atoms with Gasteiger partial charge in [0.15, 0.2) is 17.0 Å². The molecule has 212 valence electrons. The first kappa shape index (κ1) is 26.5. The van der Waals surface area contributed by atoms with Crippen LogP contribution in [0.15, 0.2) is 30.6 Å². The lowest BCUT2D eigenvalue weighted by molar-refractivity contribution is -0.127. The predicted octanol–water partition coefficient (Wildman–Crippen LogP) is 2.45. The molecule has 2 aromatic heterocycles. The molecule has 5 heterocycles. The number of rotatable bonds is 8. The molecule has 2 amide bonds. The fraction of sp³-hybridized carbons (Fsp3) is 0.536. The van der Waals surface area contributed by atoms with E-state index >= 15 is 0 Å². The number of ether oxygens (including phenoxy) is 1. The summed E-state index contributed by atoms with van der Waals surface area (Å²) in [4.78, 5) is 44.9. The summed E-state index contributed by atoms with van der Waals surface area (Å²) in [6.07, 6.45) is 5.47. The number of carbonyl (C=O) groups is 2. The molecule has 0 atom stereocenters. The number of hydrogen-bond donors (Lipinski definition) is 2. The van der Waals surface area contributed by atoms with Crippen molar-refractivity contribution in [2.75, 3.05) is 68.0 Å². The number of nitrogens with zero attached hydrogens (tertiary/aromatic N) is 7. The van der Waals surface area contributed by atoms with Gasteiger partial charge in [0.1, 0.15) is 0 Å². The van der Waals surface area contributed by atoms with Gasteiger partial charge in [-0.15, -0.1) is 0 Å². The molecule has 2 N–H and O–H groups in total. The second-order valence-corrected chi connectivity index (χ2v) is 10.7. The third-order valence-electron chi connectivity index (χ3n) is 8.01. The molecule has 3 saturated heterocycles. The van der Waals surface area contributed by atoms with Crippen molar-refractivity contribution in [1.29, 1.82) is 0 Å². The van der Waals surface area contributed by atoms with Crippen LogP contribution < -0.4 is 15.5 Å². The molecule has 3 aliphatic heterocycles. The maximum absolute atomic E-state index is 12.2. The zero-order chi connectivity index (χ0) is 27.5. The highest BCUT2D eigenvalue weighted by molar-refractivity contribution is 5.89. The van der Waals surface area contributed by atoms with Crippen LogP contribution in [0.5, 0.6) is 0 Å². The average molecular weight is 548 g/mol. The van der Waals surface area contributed by atoms with Crippen molar-refractivity contribution < 1.29 is 14.3 Å². The number of aromatic nitrogens is 4. The van der Waals surface area contributed by atoms with Crippen LogP contribution in [-0.2, 0) is 20.9 Å². The van der Waals surface area contributed by atoms with E-state index in [1.807, 2.05) is 33.7 Å². The van der Waals surface area contributed by atoms with Gasteiger partial charge in [-0.3, -0.25) is 14.5 Å². The predicted molar refractivity (Wildman–Crippen MR) is 153 cm³/mol. The number of likely N-dealkylation sites (tertiary alicyclic amines) is 1. The molecular formula is C28H37N9O3. The van der Waals surface area contributed by atoms with Crippen molar-refractivity contribution in [3.8, 4) is 0 Å². The molecule has 0 bridgehead atoms. The highest BCUT2D eigenvalue weighted by atomic mass is 16.5. The molecule has 6 rings (SSSR count). The van der Waals surface area contributed by atoms with Gasteiger partial charge in [-0.25, -0.2) is 4.98 Å². The van der Waals surface area contributed by atoms with E-state index in [4.69, 9.17) is 14.7 Å². The maximum atomic E-state index is 12.2. The lowest BCUT2D eigenvalue weighted by Crippen LogP contribution is -2.49. The van der Waals surface area contributed by atoms with Crippen LogP contribution in [0.2, 0.25) is 0 Å². The first-order valence-corrected chi connectivity index (χ1v) is 14.3. The third kappa shape index (κ3) is 5.87. The van der Waals surface area contributed by atoms with Gasteiger partial charge in [-0.1, -0.05) is 0 Å². The smallest absolute Gasteiger partial charge is 0.229 e. The lowest BCUT2D eigenvalue weighted by Gasteiger charge is -2.40. The number of piperidine rings is 1. The second-order valence-electron chi connectivity index (χ2n) is 10.7. The first-order valence-electron chi connectivity index (χ1n) is 14.3. The van der Waals surface area contributed by atoms with Crippen LogP contribution in [-0.4, -0.2) is 99.7 Å². The number of carbonyl (C=O) groups excluding carboxylic acids is 2.